The fraction of sp³-hybridized carbons (Fsp3) is 0.553. The van der Waals surface area contributed by atoms with Crippen molar-refractivity contribution < 1.29 is 18.6 Å². The summed E-state index contributed by atoms with van der Waals surface area (Å²) < 4.78 is 35.6. The molecular weight excluding hydrogens is 621 g/mol. The number of H-pyrrole nitrogens is 1. The van der Waals surface area contributed by atoms with Gasteiger partial charge in [-0.2, -0.15) is 5.10 Å². The molecule has 6 rings (SSSR count). The third-order valence-corrected chi connectivity index (χ3v) is 10.0. The standard InChI is InChI=1S/C34H44FN7O3.2C2H6/c1-22(18-27-23(2)37-38-30(27)25-9-10-29-36-14-17-42(29)20-25)31-39-40-32(45-31)24-11-15-41(16-12-26(19-24)43-5)21-33(3)28(35)8-7-13-34(33,4)44-6;2*1-2/h7-10,13-14,17-18,20,24,26,32,40H,11-12,15-16,19,21H2,1-6H3,(H,37,38);2*1-2H3/b22-18+;;/t24?,26?,32-,33?,34?;;/m0../s1. The number of pyridine rings is 1. The number of nitrogens with zero attached hydrogens (tertiary/aromatic N) is 5. The Hall–Kier alpha value is -3.80. The highest BCUT2D eigenvalue weighted by atomic mass is 19.1. The minimum absolute atomic E-state index is 0.0566. The number of aromatic amines is 1. The zero-order chi connectivity index (χ0) is 35.8. The average Bonchev–Trinajstić information content (AvgIpc) is 3.88. The van der Waals surface area contributed by atoms with Gasteiger partial charge in [-0.15, -0.1) is 5.10 Å². The van der Waals surface area contributed by atoms with Crippen molar-refractivity contribution in [3.05, 3.63) is 71.6 Å². The smallest absolute Gasteiger partial charge is 0.235 e. The number of likely N-dealkylation sites (tertiary alicyclic amines) is 1. The SMILES string of the molecule is CC.CC.COC1CCN(CC2(C)C(F)=CC=CC2(C)OC)CCC([C@H]2NN=C(/C(C)=C/c3c(-c4ccc5nccn5c4)n[nH]c3C)O2)C1. The number of allylic oxidation sites excluding steroid dienone is 2. The maximum Gasteiger partial charge on any atom is 0.235 e. The van der Waals surface area contributed by atoms with Crippen LogP contribution in [0.1, 0.15) is 79.0 Å². The molecule has 1 fully saturated rings. The first kappa shape index (κ1) is 38.0. The molecule has 10 nitrogen and oxygen atoms in total. The molecule has 5 heterocycles. The highest BCUT2D eigenvalue weighted by Gasteiger charge is 2.49. The minimum Gasteiger partial charge on any atom is -0.451 e. The molecule has 5 atom stereocenters. The van der Waals surface area contributed by atoms with Crippen molar-refractivity contribution in [2.75, 3.05) is 33.9 Å². The first-order valence-electron chi connectivity index (χ1n) is 17.7. The summed E-state index contributed by atoms with van der Waals surface area (Å²) in [7, 11) is 3.41. The van der Waals surface area contributed by atoms with E-state index in [2.05, 4.69) is 36.7 Å². The Morgan fingerprint density at radius 3 is 2.63 bits per heavy atom. The van der Waals surface area contributed by atoms with Gasteiger partial charge in [-0.25, -0.2) is 9.37 Å². The van der Waals surface area contributed by atoms with Gasteiger partial charge in [-0.3, -0.25) is 10.5 Å². The van der Waals surface area contributed by atoms with Gasteiger partial charge in [0.05, 0.1) is 17.1 Å². The van der Waals surface area contributed by atoms with E-state index in [1.165, 1.54) is 0 Å². The molecule has 0 spiro atoms. The second kappa shape index (κ2) is 16.7. The monoisotopic (exact) mass is 677 g/mol. The van der Waals surface area contributed by atoms with Crippen molar-refractivity contribution in [2.45, 2.75) is 92.6 Å². The summed E-state index contributed by atoms with van der Waals surface area (Å²) in [6.07, 6.45) is 15.4. The first-order chi connectivity index (χ1) is 23.6. The Balaban J connectivity index is 0.00000130. The number of nitrogens with one attached hydrogen (secondary N) is 2. The van der Waals surface area contributed by atoms with Crippen molar-refractivity contribution in [1.29, 1.82) is 0 Å². The maximum atomic E-state index is 15.4. The summed E-state index contributed by atoms with van der Waals surface area (Å²) in [4.78, 5) is 6.68. The maximum absolute atomic E-state index is 15.4. The molecule has 2 N–H and O–H groups in total. The lowest BCUT2D eigenvalue weighted by molar-refractivity contribution is -0.0676. The third kappa shape index (κ3) is 8.00. The number of aromatic nitrogens is 4. The molecule has 0 amide bonds. The van der Waals surface area contributed by atoms with E-state index in [9.17, 15) is 0 Å². The number of aryl methyl sites for hydroxylation is 1. The van der Waals surface area contributed by atoms with Crippen LogP contribution in [0.3, 0.4) is 0 Å². The summed E-state index contributed by atoms with van der Waals surface area (Å²) in [5, 5.41) is 12.3. The largest absolute Gasteiger partial charge is 0.451 e. The Labute approximate surface area is 291 Å². The fourth-order valence-electron chi connectivity index (χ4n) is 6.75. The molecule has 49 heavy (non-hydrogen) atoms. The molecule has 4 unspecified atom stereocenters. The third-order valence-electron chi connectivity index (χ3n) is 10.0. The van der Waals surface area contributed by atoms with Crippen LogP contribution >= 0.6 is 0 Å². The second-order valence-corrected chi connectivity index (χ2v) is 12.9. The molecule has 1 saturated heterocycles. The average molecular weight is 678 g/mol. The van der Waals surface area contributed by atoms with E-state index in [0.717, 1.165) is 66.1 Å². The number of hydrazone groups is 1. The summed E-state index contributed by atoms with van der Waals surface area (Å²) >= 11 is 0. The molecule has 3 aromatic rings. The summed E-state index contributed by atoms with van der Waals surface area (Å²) in [6, 6.07) is 4.01. The molecule has 2 aliphatic heterocycles. The lowest BCUT2D eigenvalue weighted by atomic mass is 9.70. The van der Waals surface area contributed by atoms with Gasteiger partial charge in [0.1, 0.15) is 17.2 Å². The Kier molecular flexibility index (Phi) is 13.0. The molecule has 3 aromatic heterocycles. The van der Waals surface area contributed by atoms with Gasteiger partial charge < -0.3 is 23.5 Å². The molecule has 0 aromatic carbocycles. The van der Waals surface area contributed by atoms with Crippen molar-refractivity contribution in [1.82, 2.24) is 29.9 Å². The summed E-state index contributed by atoms with van der Waals surface area (Å²) in [5.41, 5.74) is 7.28. The molecule has 0 radical (unpaired) electrons. The topological polar surface area (TPSA) is 101 Å². The Morgan fingerprint density at radius 1 is 1.14 bits per heavy atom. The van der Waals surface area contributed by atoms with E-state index in [4.69, 9.17) is 14.2 Å². The van der Waals surface area contributed by atoms with Gasteiger partial charge in [0.2, 0.25) is 5.90 Å². The molecular formula is C38H56FN7O3. The van der Waals surface area contributed by atoms with Crippen LogP contribution in [-0.2, 0) is 14.2 Å². The molecule has 0 saturated carbocycles. The van der Waals surface area contributed by atoms with Gasteiger partial charge >= 0.3 is 0 Å². The van der Waals surface area contributed by atoms with Crippen LogP contribution in [0.15, 0.2) is 65.5 Å². The molecule has 268 valence electrons. The predicted molar refractivity (Wildman–Crippen MR) is 196 cm³/mol. The highest BCUT2D eigenvalue weighted by molar-refractivity contribution is 5.99. The Morgan fingerprint density at radius 2 is 1.90 bits per heavy atom. The van der Waals surface area contributed by atoms with Crippen LogP contribution in [0.25, 0.3) is 23.0 Å². The van der Waals surface area contributed by atoms with Gasteiger partial charge in [0.15, 0.2) is 6.23 Å². The molecule has 0 bridgehead atoms. The zero-order valence-electron chi connectivity index (χ0n) is 31.0. The van der Waals surface area contributed by atoms with Crippen LogP contribution < -0.4 is 5.43 Å². The van der Waals surface area contributed by atoms with E-state index < -0.39 is 11.0 Å². The number of halogens is 1. The van der Waals surface area contributed by atoms with Crippen molar-refractivity contribution in [3.8, 4) is 11.3 Å². The highest BCUT2D eigenvalue weighted by Crippen LogP contribution is 2.46. The van der Waals surface area contributed by atoms with Crippen LogP contribution in [0.2, 0.25) is 0 Å². The number of fused-ring (bicyclic) bond motifs is 1. The summed E-state index contributed by atoms with van der Waals surface area (Å²) in [5.74, 6) is 0.554. The van der Waals surface area contributed by atoms with E-state index in [1.54, 1.807) is 32.6 Å². The quantitative estimate of drug-likeness (QED) is 0.252. The molecule has 3 aliphatic rings. The predicted octanol–water partition coefficient (Wildman–Crippen LogP) is 7.70. The zero-order valence-corrected chi connectivity index (χ0v) is 31.0. The van der Waals surface area contributed by atoms with E-state index in [0.29, 0.717) is 12.4 Å². The number of rotatable bonds is 8. The van der Waals surface area contributed by atoms with Crippen molar-refractivity contribution in [2.24, 2.45) is 16.4 Å². The lowest BCUT2D eigenvalue weighted by Crippen LogP contribution is -2.53. The Bertz CT molecular complexity index is 1660. The van der Waals surface area contributed by atoms with Crippen molar-refractivity contribution in [3.63, 3.8) is 0 Å². The molecule has 11 heteroatoms. The van der Waals surface area contributed by atoms with Crippen LogP contribution in [-0.4, -0.2) is 82.2 Å². The second-order valence-electron chi connectivity index (χ2n) is 12.9. The van der Waals surface area contributed by atoms with Gasteiger partial charge in [-0.1, -0.05) is 39.8 Å². The number of ether oxygens (including phenoxy) is 3. The molecule has 1 aliphatic carbocycles. The lowest BCUT2D eigenvalue weighted by Gasteiger charge is -2.47. The van der Waals surface area contributed by atoms with Gasteiger partial charge in [-0.05, 0) is 77.8 Å². The number of hydrogen-bond acceptors (Lipinski definition) is 8. The number of imidazole rings is 1. The summed E-state index contributed by atoms with van der Waals surface area (Å²) in [6.45, 7) is 18.1. The van der Waals surface area contributed by atoms with Crippen LogP contribution in [0.5, 0.6) is 0 Å². The normalized spacial score (nSPS) is 27.4. The van der Waals surface area contributed by atoms with Gasteiger partial charge in [0.25, 0.3) is 0 Å². The first-order valence-corrected chi connectivity index (χ1v) is 17.7. The number of methoxy groups -OCH3 is 2. The van der Waals surface area contributed by atoms with E-state index in [-0.39, 0.29) is 24.1 Å². The minimum atomic E-state index is -0.803. The van der Waals surface area contributed by atoms with Crippen LogP contribution in [0.4, 0.5) is 4.39 Å². The number of hydrogen-bond donors (Lipinski definition) is 2. The van der Waals surface area contributed by atoms with E-state index >= 15 is 4.39 Å². The van der Waals surface area contributed by atoms with Crippen LogP contribution in [0, 0.1) is 18.3 Å². The van der Waals surface area contributed by atoms with Crippen molar-refractivity contribution >= 4 is 17.6 Å². The fourth-order valence-corrected chi connectivity index (χ4v) is 6.75. The van der Waals surface area contributed by atoms with Gasteiger partial charge in [0, 0.05) is 74.2 Å². The van der Waals surface area contributed by atoms with E-state index in [1.807, 2.05) is 90.4 Å².